The van der Waals surface area contributed by atoms with E-state index >= 15 is 0 Å². The average molecular weight is 790 g/mol. The zero-order valence-electron chi connectivity index (χ0n) is 28.3. The summed E-state index contributed by atoms with van der Waals surface area (Å²) >= 11 is 12.8. The number of imidazole rings is 2. The second kappa shape index (κ2) is 17.1. The van der Waals surface area contributed by atoms with Crippen molar-refractivity contribution in [2.45, 2.75) is 25.9 Å². The SMILES string of the molecule is [C-]#[N+]c1nc(N=NC(C(C)=O)C(=O)Nc2cc(Cl)c(NC(=O)C(N=Nc3nc(C#N)c(C#N)n3-c3ncccn3)C(C)=O)cc2Cl)n(-c2ncccn2)c1[N+]#[C-]. The first-order valence-corrected chi connectivity index (χ1v) is 16.0. The molecule has 4 aromatic heterocycles. The summed E-state index contributed by atoms with van der Waals surface area (Å²) in [6.45, 7) is 17.0. The Labute approximate surface area is 323 Å². The van der Waals surface area contributed by atoms with Crippen molar-refractivity contribution < 1.29 is 19.2 Å². The first kappa shape index (κ1) is 39.0. The molecule has 0 fully saturated rings. The number of carbonyl (C=O) groups is 4. The second-order valence-electron chi connectivity index (χ2n) is 10.6. The van der Waals surface area contributed by atoms with Crippen LogP contribution in [0.3, 0.4) is 0 Å². The van der Waals surface area contributed by atoms with Crippen LogP contribution in [0.5, 0.6) is 0 Å². The van der Waals surface area contributed by atoms with Gasteiger partial charge in [-0.1, -0.05) is 46.4 Å². The highest BCUT2D eigenvalue weighted by Crippen LogP contribution is 2.36. The van der Waals surface area contributed by atoms with Gasteiger partial charge in [0, 0.05) is 24.8 Å². The van der Waals surface area contributed by atoms with E-state index in [9.17, 15) is 29.7 Å². The molecule has 2 N–H and O–H groups in total. The van der Waals surface area contributed by atoms with Crippen molar-refractivity contribution in [3.05, 3.63) is 93.3 Å². The molecule has 0 aliphatic heterocycles. The number of rotatable bonds is 12. The second-order valence-corrected chi connectivity index (χ2v) is 11.4. The van der Waals surface area contributed by atoms with Crippen LogP contribution >= 0.6 is 23.2 Å². The number of amides is 2. The fraction of sp³-hybridized carbons (Fsp3) is 0.125. The Morgan fingerprint density at radius 3 is 1.62 bits per heavy atom. The van der Waals surface area contributed by atoms with Gasteiger partial charge in [0.1, 0.15) is 12.1 Å². The van der Waals surface area contributed by atoms with E-state index < -0.39 is 35.5 Å². The van der Waals surface area contributed by atoms with Crippen LogP contribution in [0.15, 0.2) is 69.5 Å². The lowest BCUT2D eigenvalue weighted by Crippen LogP contribution is -2.32. The maximum Gasteiger partial charge on any atom is 0.424 e. The molecule has 24 heteroatoms. The quantitative estimate of drug-likeness (QED) is 0.0943. The van der Waals surface area contributed by atoms with Gasteiger partial charge in [-0.3, -0.25) is 19.2 Å². The Bertz CT molecular complexity index is 2450. The van der Waals surface area contributed by atoms with Gasteiger partial charge in [-0.15, -0.1) is 5.11 Å². The zero-order valence-corrected chi connectivity index (χ0v) is 29.8. The van der Waals surface area contributed by atoms with E-state index in [-0.39, 0.29) is 68.2 Å². The van der Waals surface area contributed by atoms with Crippen molar-refractivity contribution in [2.75, 3.05) is 10.6 Å². The number of azo groups is 2. The van der Waals surface area contributed by atoms with E-state index in [4.69, 9.17) is 36.3 Å². The summed E-state index contributed by atoms with van der Waals surface area (Å²) in [4.78, 5) is 82.0. The van der Waals surface area contributed by atoms with Gasteiger partial charge in [0.15, 0.2) is 23.0 Å². The summed E-state index contributed by atoms with van der Waals surface area (Å²) < 4.78 is 2.05. The monoisotopic (exact) mass is 788 g/mol. The molecule has 5 aromatic rings. The van der Waals surface area contributed by atoms with Gasteiger partial charge in [-0.25, -0.2) is 24.5 Å². The fourth-order valence-corrected chi connectivity index (χ4v) is 4.89. The normalized spacial score (nSPS) is 11.9. The molecule has 0 spiro atoms. The third-order valence-corrected chi connectivity index (χ3v) is 7.60. The standard InChI is InChI=1S/C32H18Cl2N18O4/c1-15(53)23(47-49-31-45-21(13-35)22(14-36)51(31)29-39-7-5-8-40-29)27(55)43-19-11-18(34)20(12-17(19)33)44-28(56)24(16(2)54)48-50-32-46-25(37-3)26(38-4)52(32)30-41-9-6-10-42-30/h5-12,23-24H,1-2H3,(H,43,55)(H,44,56). The predicted octanol–water partition coefficient (Wildman–Crippen LogP) is 5.15. The first-order valence-electron chi connectivity index (χ1n) is 15.2. The Balaban J connectivity index is 1.36. The highest BCUT2D eigenvalue weighted by Gasteiger charge is 2.30. The number of hydrogen-bond acceptors (Lipinski definition) is 16. The van der Waals surface area contributed by atoms with Gasteiger partial charge >= 0.3 is 11.9 Å². The number of nitrogens with zero attached hydrogens (tertiary/aromatic N) is 16. The summed E-state index contributed by atoms with van der Waals surface area (Å²) in [6, 6.07) is 5.29. The molecule has 0 saturated carbocycles. The van der Waals surface area contributed by atoms with Gasteiger partial charge in [0.2, 0.25) is 18.0 Å². The molecule has 0 radical (unpaired) electrons. The van der Waals surface area contributed by atoms with Gasteiger partial charge in [0.25, 0.3) is 29.4 Å². The molecule has 0 bridgehead atoms. The number of hydrogen-bond donors (Lipinski definition) is 2. The summed E-state index contributed by atoms with van der Waals surface area (Å²) in [6.07, 6.45) is 5.47. The lowest BCUT2D eigenvalue weighted by molar-refractivity contribution is -0.127. The molecule has 2 amide bonds. The van der Waals surface area contributed by atoms with Gasteiger partial charge < -0.3 is 20.3 Å². The van der Waals surface area contributed by atoms with Crippen LogP contribution in [0.25, 0.3) is 21.6 Å². The summed E-state index contributed by atoms with van der Waals surface area (Å²) in [5.41, 5.74) is -0.841. The molecule has 0 aliphatic rings. The molecule has 0 aliphatic carbocycles. The number of nitriles is 2. The van der Waals surface area contributed by atoms with Crippen molar-refractivity contribution >= 4 is 81.5 Å². The van der Waals surface area contributed by atoms with Crippen LogP contribution in [0, 0.1) is 35.8 Å². The highest BCUT2D eigenvalue weighted by atomic mass is 35.5. The van der Waals surface area contributed by atoms with Crippen molar-refractivity contribution in [3.63, 3.8) is 0 Å². The summed E-state index contributed by atoms with van der Waals surface area (Å²) in [7, 11) is 0. The van der Waals surface area contributed by atoms with Crippen LogP contribution in [0.2, 0.25) is 10.0 Å². The third-order valence-electron chi connectivity index (χ3n) is 6.97. The minimum absolute atomic E-state index is 0.0707. The maximum atomic E-state index is 13.3. The number of halogens is 2. The number of nitrogens with one attached hydrogen (secondary N) is 2. The molecule has 4 heterocycles. The topological polar surface area (TPSA) is 285 Å². The number of carbonyl (C=O) groups excluding carboxylic acids is 4. The van der Waals surface area contributed by atoms with E-state index in [1.165, 1.54) is 36.9 Å². The van der Waals surface area contributed by atoms with Crippen LogP contribution in [0.1, 0.15) is 25.2 Å². The molecule has 274 valence electrons. The number of anilines is 2. The summed E-state index contributed by atoms with van der Waals surface area (Å²) in [5, 5.41) is 38.9. The number of aromatic nitrogens is 8. The van der Waals surface area contributed by atoms with E-state index in [0.717, 1.165) is 35.1 Å². The average Bonchev–Trinajstić information content (AvgIpc) is 3.74. The molecule has 1 aromatic carbocycles. The first-order chi connectivity index (χ1) is 26.9. The van der Waals surface area contributed by atoms with Gasteiger partial charge in [0.05, 0.1) is 21.4 Å². The number of Topliss-reactive ketones (excluding diaryl/α,β-unsaturated/α-hetero) is 2. The van der Waals surface area contributed by atoms with Crippen molar-refractivity contribution in [1.29, 1.82) is 10.5 Å². The molecule has 22 nitrogen and oxygen atoms in total. The molecular formula is C32H18Cl2N18O4. The molecule has 2 atom stereocenters. The number of benzene rings is 1. The molecule has 0 saturated heterocycles. The van der Waals surface area contributed by atoms with E-state index in [1.54, 1.807) is 6.07 Å². The smallest absolute Gasteiger partial charge is 0.372 e. The summed E-state index contributed by atoms with van der Waals surface area (Å²) in [5.74, 6) is -5.08. The minimum Gasteiger partial charge on any atom is -0.372 e. The molecule has 56 heavy (non-hydrogen) atoms. The van der Waals surface area contributed by atoms with Crippen molar-refractivity contribution in [3.8, 4) is 24.0 Å². The Kier molecular flexibility index (Phi) is 11.9. The minimum atomic E-state index is -1.79. The van der Waals surface area contributed by atoms with Crippen LogP contribution in [-0.4, -0.2) is 74.5 Å². The van der Waals surface area contributed by atoms with Crippen LogP contribution in [-0.2, 0) is 19.2 Å². The van der Waals surface area contributed by atoms with Gasteiger partial charge in [-0.05, 0) is 38.1 Å². The van der Waals surface area contributed by atoms with Crippen molar-refractivity contribution in [1.82, 2.24) is 39.0 Å². The van der Waals surface area contributed by atoms with E-state index in [0.29, 0.717) is 0 Å². The zero-order chi connectivity index (χ0) is 40.5. The Morgan fingerprint density at radius 1 is 0.750 bits per heavy atom. The largest absolute Gasteiger partial charge is 0.424 e. The lowest BCUT2D eigenvalue weighted by atomic mass is 10.2. The number of ketones is 2. The van der Waals surface area contributed by atoms with Gasteiger partial charge in [-0.2, -0.15) is 30.3 Å². The Morgan fingerprint density at radius 2 is 1.21 bits per heavy atom. The van der Waals surface area contributed by atoms with Crippen LogP contribution < -0.4 is 10.6 Å². The highest BCUT2D eigenvalue weighted by molar-refractivity contribution is 6.38. The maximum absolute atomic E-state index is 13.3. The molecule has 5 rings (SSSR count). The Hall–Kier alpha value is -8.18. The molecular weight excluding hydrogens is 771 g/mol. The predicted molar refractivity (Wildman–Crippen MR) is 192 cm³/mol. The fourth-order valence-electron chi connectivity index (χ4n) is 4.47. The van der Waals surface area contributed by atoms with E-state index in [1.807, 2.05) is 6.07 Å². The van der Waals surface area contributed by atoms with E-state index in [2.05, 4.69) is 70.7 Å². The lowest BCUT2D eigenvalue weighted by Gasteiger charge is -2.14. The third kappa shape index (κ3) is 8.22. The van der Waals surface area contributed by atoms with Crippen molar-refractivity contribution in [2.24, 2.45) is 20.5 Å². The van der Waals surface area contributed by atoms with Crippen LogP contribution in [0.4, 0.5) is 34.9 Å². The molecule has 2 unspecified atom stereocenters.